The van der Waals surface area contributed by atoms with Crippen molar-refractivity contribution in [3.05, 3.63) is 78.6 Å². The van der Waals surface area contributed by atoms with Crippen LogP contribution in [0, 0.1) is 0 Å². The Morgan fingerprint density at radius 1 is 0.963 bits per heavy atom. The Morgan fingerprint density at radius 2 is 1.81 bits per heavy atom. The lowest BCUT2D eigenvalue weighted by Gasteiger charge is -2.09. The van der Waals surface area contributed by atoms with Crippen LogP contribution in [-0.2, 0) is 0 Å². The van der Waals surface area contributed by atoms with E-state index in [1.807, 2.05) is 53.1 Å². The van der Waals surface area contributed by atoms with E-state index in [9.17, 15) is 4.79 Å². The highest BCUT2D eigenvalue weighted by Crippen LogP contribution is 2.35. The molecule has 0 saturated carbocycles. The van der Waals surface area contributed by atoms with E-state index in [0.717, 1.165) is 16.7 Å². The zero-order valence-corrected chi connectivity index (χ0v) is 14.3. The highest BCUT2D eigenvalue weighted by Gasteiger charge is 2.21. The zero-order valence-electron chi connectivity index (χ0n) is 14.3. The highest BCUT2D eigenvalue weighted by molar-refractivity contribution is 6.06. The van der Waals surface area contributed by atoms with Crippen molar-refractivity contribution in [1.82, 2.24) is 9.55 Å². The molecule has 3 aromatic carbocycles. The monoisotopic (exact) mass is 357 g/mol. The fraction of sp³-hybridized carbons (Fsp3) is 0.0476. The average Bonchev–Trinajstić information content (AvgIpc) is 3.35. The van der Waals surface area contributed by atoms with Gasteiger partial charge in [0.25, 0.3) is 5.91 Å². The largest absolute Gasteiger partial charge is 0.454 e. The Kier molecular flexibility index (Phi) is 3.53. The van der Waals surface area contributed by atoms with E-state index < -0.39 is 0 Å². The number of fused-ring (bicyclic) bond motifs is 2. The van der Waals surface area contributed by atoms with Crippen LogP contribution < -0.4 is 14.8 Å². The third kappa shape index (κ3) is 2.67. The number of benzene rings is 3. The second-order valence-corrected chi connectivity index (χ2v) is 6.14. The summed E-state index contributed by atoms with van der Waals surface area (Å²) < 4.78 is 12.7. The number of imidazole rings is 1. The molecular formula is C21H15N3O3. The number of hydrogen-bond acceptors (Lipinski definition) is 4. The van der Waals surface area contributed by atoms with Crippen molar-refractivity contribution < 1.29 is 14.3 Å². The Morgan fingerprint density at radius 3 is 2.70 bits per heavy atom. The van der Waals surface area contributed by atoms with E-state index in [0.29, 0.717) is 22.7 Å². The topological polar surface area (TPSA) is 65.4 Å². The second kappa shape index (κ2) is 6.17. The number of rotatable bonds is 3. The molecule has 0 aliphatic carbocycles. The molecule has 6 nitrogen and oxygen atoms in total. The van der Waals surface area contributed by atoms with Crippen molar-refractivity contribution in [1.29, 1.82) is 0 Å². The normalized spacial score (nSPS) is 12.3. The van der Waals surface area contributed by atoms with Gasteiger partial charge in [-0.3, -0.25) is 9.36 Å². The van der Waals surface area contributed by atoms with Crippen LogP contribution >= 0.6 is 0 Å². The van der Waals surface area contributed by atoms with Gasteiger partial charge in [0, 0.05) is 11.4 Å². The molecule has 2 heterocycles. The molecule has 132 valence electrons. The van der Waals surface area contributed by atoms with E-state index in [-0.39, 0.29) is 12.7 Å². The molecule has 0 bridgehead atoms. The van der Waals surface area contributed by atoms with Crippen LogP contribution in [-0.4, -0.2) is 22.3 Å². The summed E-state index contributed by atoms with van der Waals surface area (Å²) in [6.07, 6.45) is 1.79. The molecule has 27 heavy (non-hydrogen) atoms. The molecule has 5 rings (SSSR count). The number of hydrogen-bond donors (Lipinski definition) is 1. The first-order valence-corrected chi connectivity index (χ1v) is 8.52. The summed E-state index contributed by atoms with van der Waals surface area (Å²) in [4.78, 5) is 17.0. The number of anilines is 1. The Balaban J connectivity index is 1.40. The van der Waals surface area contributed by atoms with Crippen LogP contribution in [0.5, 0.6) is 11.5 Å². The van der Waals surface area contributed by atoms with Crippen LogP contribution in [0.25, 0.3) is 16.7 Å². The molecule has 1 aromatic heterocycles. The molecule has 4 aromatic rings. The number of nitrogens with one attached hydrogen (secondary N) is 1. The van der Waals surface area contributed by atoms with Gasteiger partial charge < -0.3 is 14.8 Å². The van der Waals surface area contributed by atoms with Crippen LogP contribution in [0.4, 0.5) is 5.69 Å². The number of aromatic nitrogens is 2. The van der Waals surface area contributed by atoms with E-state index in [2.05, 4.69) is 10.3 Å². The molecule has 0 saturated heterocycles. The third-order valence-corrected chi connectivity index (χ3v) is 4.50. The standard InChI is InChI=1S/C21H15N3O3/c25-21(16-4-3-7-19-20(16)27-13-26-19)23-14-8-10-15(11-9-14)24-12-22-17-5-1-2-6-18(17)24/h1-12H,13H2,(H,23,25). The van der Waals surface area contributed by atoms with Gasteiger partial charge >= 0.3 is 0 Å². The summed E-state index contributed by atoms with van der Waals surface area (Å²) in [5.41, 5.74) is 4.10. The molecule has 1 amide bonds. The van der Waals surface area contributed by atoms with Crippen molar-refractivity contribution in [2.45, 2.75) is 0 Å². The minimum Gasteiger partial charge on any atom is -0.454 e. The van der Waals surface area contributed by atoms with Gasteiger partial charge in [0.15, 0.2) is 11.5 Å². The van der Waals surface area contributed by atoms with Crippen LogP contribution in [0.3, 0.4) is 0 Å². The number of ether oxygens (including phenoxy) is 2. The first-order chi connectivity index (χ1) is 13.3. The summed E-state index contributed by atoms with van der Waals surface area (Å²) in [6.45, 7) is 0.132. The summed E-state index contributed by atoms with van der Waals surface area (Å²) >= 11 is 0. The SMILES string of the molecule is O=C(Nc1ccc(-n2cnc3ccccc32)cc1)c1cccc2c1OCO2. The summed E-state index contributed by atoms with van der Waals surface area (Å²) in [7, 11) is 0. The summed E-state index contributed by atoms with van der Waals surface area (Å²) in [5.74, 6) is 0.833. The lowest BCUT2D eigenvalue weighted by Crippen LogP contribution is -2.12. The smallest absolute Gasteiger partial charge is 0.259 e. The zero-order chi connectivity index (χ0) is 18.2. The Bertz CT molecular complexity index is 1150. The van der Waals surface area contributed by atoms with E-state index in [1.165, 1.54) is 0 Å². The minimum atomic E-state index is -0.238. The quantitative estimate of drug-likeness (QED) is 0.602. The van der Waals surface area contributed by atoms with Gasteiger partial charge in [0.05, 0.1) is 16.6 Å². The van der Waals surface area contributed by atoms with Crippen LogP contribution in [0.15, 0.2) is 73.1 Å². The molecule has 0 fully saturated rings. The van der Waals surface area contributed by atoms with Gasteiger partial charge in [-0.15, -0.1) is 0 Å². The molecule has 6 heteroatoms. The van der Waals surface area contributed by atoms with E-state index in [4.69, 9.17) is 9.47 Å². The average molecular weight is 357 g/mol. The van der Waals surface area contributed by atoms with Gasteiger partial charge in [-0.25, -0.2) is 4.98 Å². The molecule has 1 aliphatic heterocycles. The Hall–Kier alpha value is -3.80. The van der Waals surface area contributed by atoms with Gasteiger partial charge in [0.2, 0.25) is 6.79 Å². The maximum absolute atomic E-state index is 12.6. The Labute approximate surface area is 155 Å². The van der Waals surface area contributed by atoms with Crippen molar-refractivity contribution in [3.63, 3.8) is 0 Å². The lowest BCUT2D eigenvalue weighted by atomic mass is 10.1. The van der Waals surface area contributed by atoms with Gasteiger partial charge in [-0.2, -0.15) is 0 Å². The molecule has 1 aliphatic rings. The maximum Gasteiger partial charge on any atom is 0.259 e. The first-order valence-electron chi connectivity index (χ1n) is 8.52. The predicted octanol–water partition coefficient (Wildman–Crippen LogP) is 4.01. The third-order valence-electron chi connectivity index (χ3n) is 4.50. The number of carbonyl (C=O) groups is 1. The predicted molar refractivity (Wildman–Crippen MR) is 102 cm³/mol. The molecule has 0 unspecified atom stereocenters. The first kappa shape index (κ1) is 15.5. The molecule has 0 radical (unpaired) electrons. The number of amides is 1. The highest BCUT2D eigenvalue weighted by atomic mass is 16.7. The van der Waals surface area contributed by atoms with Gasteiger partial charge in [0.1, 0.15) is 6.33 Å². The minimum absolute atomic E-state index is 0.132. The van der Waals surface area contributed by atoms with E-state index >= 15 is 0 Å². The second-order valence-electron chi connectivity index (χ2n) is 6.14. The number of nitrogens with zero attached hydrogens (tertiary/aromatic N) is 2. The van der Waals surface area contributed by atoms with Gasteiger partial charge in [-0.05, 0) is 48.5 Å². The molecule has 1 N–H and O–H groups in total. The van der Waals surface area contributed by atoms with Gasteiger partial charge in [-0.1, -0.05) is 18.2 Å². The lowest BCUT2D eigenvalue weighted by molar-refractivity contribution is 0.102. The number of para-hydroxylation sites is 3. The van der Waals surface area contributed by atoms with Crippen molar-refractivity contribution in [3.8, 4) is 17.2 Å². The summed E-state index contributed by atoms with van der Waals surface area (Å²) in [5, 5.41) is 2.90. The molecule has 0 atom stereocenters. The molecule has 0 spiro atoms. The fourth-order valence-corrected chi connectivity index (χ4v) is 3.18. The fourth-order valence-electron chi connectivity index (χ4n) is 3.18. The molecular weight excluding hydrogens is 342 g/mol. The van der Waals surface area contributed by atoms with Crippen LogP contribution in [0.1, 0.15) is 10.4 Å². The maximum atomic E-state index is 12.6. The van der Waals surface area contributed by atoms with Crippen molar-refractivity contribution >= 4 is 22.6 Å². The van der Waals surface area contributed by atoms with E-state index in [1.54, 1.807) is 24.5 Å². The number of carbonyl (C=O) groups excluding carboxylic acids is 1. The summed E-state index contributed by atoms with van der Waals surface area (Å²) in [6, 6.07) is 20.8. The van der Waals surface area contributed by atoms with Crippen molar-refractivity contribution in [2.75, 3.05) is 12.1 Å². The van der Waals surface area contributed by atoms with Crippen LogP contribution in [0.2, 0.25) is 0 Å². The van der Waals surface area contributed by atoms with Crippen molar-refractivity contribution in [2.24, 2.45) is 0 Å².